The van der Waals surface area contributed by atoms with E-state index in [0.29, 0.717) is 17.8 Å². The van der Waals surface area contributed by atoms with E-state index in [4.69, 9.17) is 0 Å². The van der Waals surface area contributed by atoms with E-state index >= 15 is 0 Å². The molecule has 6 heteroatoms. The minimum atomic E-state index is -0.721. The molecule has 0 atom stereocenters. The van der Waals surface area contributed by atoms with Crippen LogP contribution in [0.4, 0.5) is 17.1 Å². The summed E-state index contributed by atoms with van der Waals surface area (Å²) in [6.07, 6.45) is 2.12. The molecule has 2 aliphatic heterocycles. The third-order valence-electron chi connectivity index (χ3n) is 5.19. The van der Waals surface area contributed by atoms with Gasteiger partial charge in [-0.1, -0.05) is 18.2 Å². The van der Waals surface area contributed by atoms with Crippen LogP contribution in [0.5, 0.6) is 0 Å². The minimum Gasteiger partial charge on any atom is -0.318 e. The Bertz CT molecular complexity index is 961. The number of carbonyl (C=O) groups is 3. The van der Waals surface area contributed by atoms with E-state index in [9.17, 15) is 14.4 Å². The SMILES string of the molecule is Cc1cccc(C)c1NC(=O)C(=O)Nc1cc2c3c(c1)CC(=O)N3CCC2. The highest BCUT2D eigenvalue weighted by molar-refractivity contribution is 6.43. The molecule has 0 saturated carbocycles. The van der Waals surface area contributed by atoms with Gasteiger partial charge in [0.2, 0.25) is 5.91 Å². The molecule has 0 radical (unpaired) electrons. The van der Waals surface area contributed by atoms with Crippen LogP contribution in [0.3, 0.4) is 0 Å². The van der Waals surface area contributed by atoms with Crippen LogP contribution in [0.15, 0.2) is 30.3 Å². The fraction of sp³-hybridized carbons (Fsp3) is 0.286. The molecule has 0 fully saturated rings. The molecule has 2 N–H and O–H groups in total. The van der Waals surface area contributed by atoms with Gasteiger partial charge >= 0.3 is 11.8 Å². The quantitative estimate of drug-likeness (QED) is 0.806. The summed E-state index contributed by atoms with van der Waals surface area (Å²) in [7, 11) is 0. The lowest BCUT2D eigenvalue weighted by atomic mass is 9.99. The summed E-state index contributed by atoms with van der Waals surface area (Å²) in [6.45, 7) is 4.52. The molecule has 0 bridgehead atoms. The molecule has 4 rings (SSSR count). The molecule has 2 aromatic rings. The first-order chi connectivity index (χ1) is 12.9. The number of amides is 3. The summed E-state index contributed by atoms with van der Waals surface area (Å²) in [6, 6.07) is 9.34. The summed E-state index contributed by atoms with van der Waals surface area (Å²) in [5, 5.41) is 5.37. The summed E-state index contributed by atoms with van der Waals surface area (Å²) in [4.78, 5) is 38.7. The van der Waals surface area contributed by atoms with Crippen molar-refractivity contribution < 1.29 is 14.4 Å². The molecular weight excluding hydrogens is 342 g/mol. The monoisotopic (exact) mass is 363 g/mol. The average molecular weight is 363 g/mol. The number of nitrogens with one attached hydrogen (secondary N) is 2. The third kappa shape index (κ3) is 3.07. The standard InChI is InChI=1S/C21H21N3O3/c1-12-5-3-6-13(2)18(12)23-21(27)20(26)22-16-9-14-7-4-8-24-17(25)11-15(10-16)19(14)24/h3,5-6,9-10H,4,7-8,11H2,1-2H3,(H,22,26)(H,23,27). The van der Waals surface area contributed by atoms with Crippen molar-refractivity contribution in [3.63, 3.8) is 0 Å². The molecule has 6 nitrogen and oxygen atoms in total. The Labute approximate surface area is 157 Å². The maximum absolute atomic E-state index is 12.4. The van der Waals surface area contributed by atoms with Gasteiger partial charge in [0.05, 0.1) is 12.1 Å². The Hall–Kier alpha value is -3.15. The van der Waals surface area contributed by atoms with Crippen LogP contribution < -0.4 is 15.5 Å². The third-order valence-corrected chi connectivity index (χ3v) is 5.19. The normalized spacial score (nSPS) is 14.7. The van der Waals surface area contributed by atoms with Gasteiger partial charge in [0.1, 0.15) is 0 Å². The Balaban J connectivity index is 1.53. The Morgan fingerprint density at radius 2 is 1.67 bits per heavy atom. The van der Waals surface area contributed by atoms with Gasteiger partial charge in [-0.15, -0.1) is 0 Å². The average Bonchev–Trinajstić information content (AvgIpc) is 2.95. The molecule has 0 aromatic heterocycles. The molecule has 2 heterocycles. The molecule has 2 aromatic carbocycles. The number of hydrogen-bond donors (Lipinski definition) is 2. The van der Waals surface area contributed by atoms with Gasteiger partial charge in [-0.25, -0.2) is 0 Å². The van der Waals surface area contributed by atoms with Crippen LogP contribution in [0.1, 0.15) is 28.7 Å². The van der Waals surface area contributed by atoms with Gasteiger partial charge in [0.25, 0.3) is 0 Å². The molecule has 138 valence electrons. The number of aryl methyl sites for hydroxylation is 3. The second kappa shape index (κ2) is 6.54. The largest absolute Gasteiger partial charge is 0.318 e. The Morgan fingerprint density at radius 1 is 1.00 bits per heavy atom. The summed E-state index contributed by atoms with van der Waals surface area (Å²) in [5.41, 5.74) is 5.97. The molecule has 27 heavy (non-hydrogen) atoms. The van der Waals surface area contributed by atoms with Crippen molar-refractivity contribution in [3.8, 4) is 0 Å². The fourth-order valence-electron chi connectivity index (χ4n) is 3.92. The van der Waals surface area contributed by atoms with Crippen LogP contribution in [-0.4, -0.2) is 24.3 Å². The molecule has 0 aliphatic carbocycles. The maximum atomic E-state index is 12.4. The lowest BCUT2D eigenvalue weighted by Crippen LogP contribution is -2.31. The van der Waals surface area contributed by atoms with E-state index in [-0.39, 0.29) is 5.91 Å². The Kier molecular flexibility index (Phi) is 4.18. The van der Waals surface area contributed by atoms with Gasteiger partial charge in [0.15, 0.2) is 0 Å². The lowest BCUT2D eigenvalue weighted by Gasteiger charge is -2.26. The smallest absolute Gasteiger partial charge is 0.314 e. The molecular formula is C21H21N3O3. The van der Waals surface area contributed by atoms with E-state index in [1.165, 1.54) is 0 Å². The lowest BCUT2D eigenvalue weighted by molar-refractivity contribution is -0.133. The number of benzene rings is 2. The van der Waals surface area contributed by atoms with Crippen molar-refractivity contribution in [2.75, 3.05) is 22.1 Å². The van der Waals surface area contributed by atoms with Gasteiger partial charge in [0, 0.05) is 17.9 Å². The molecule has 2 aliphatic rings. The van der Waals surface area contributed by atoms with Crippen molar-refractivity contribution >= 4 is 34.8 Å². The van der Waals surface area contributed by atoms with Gasteiger partial charge in [-0.05, 0) is 61.1 Å². The van der Waals surface area contributed by atoms with Crippen molar-refractivity contribution in [1.82, 2.24) is 0 Å². The van der Waals surface area contributed by atoms with Crippen LogP contribution in [-0.2, 0) is 27.2 Å². The highest BCUT2D eigenvalue weighted by atomic mass is 16.2. The first-order valence-corrected chi connectivity index (χ1v) is 9.09. The van der Waals surface area contributed by atoms with Crippen LogP contribution in [0, 0.1) is 13.8 Å². The first-order valence-electron chi connectivity index (χ1n) is 9.09. The first kappa shape index (κ1) is 17.3. The van der Waals surface area contributed by atoms with Crippen LogP contribution in [0.25, 0.3) is 0 Å². The summed E-state index contributed by atoms with van der Waals surface area (Å²) >= 11 is 0. The summed E-state index contributed by atoms with van der Waals surface area (Å²) in [5.74, 6) is -1.33. The van der Waals surface area contributed by atoms with Crippen LogP contribution >= 0.6 is 0 Å². The number of para-hydroxylation sites is 1. The fourth-order valence-corrected chi connectivity index (χ4v) is 3.92. The van der Waals surface area contributed by atoms with E-state index in [1.807, 2.05) is 43.0 Å². The zero-order valence-electron chi connectivity index (χ0n) is 15.4. The van der Waals surface area contributed by atoms with Gasteiger partial charge in [-0.2, -0.15) is 0 Å². The predicted molar refractivity (Wildman–Crippen MR) is 104 cm³/mol. The van der Waals surface area contributed by atoms with Crippen molar-refractivity contribution in [2.24, 2.45) is 0 Å². The predicted octanol–water partition coefficient (Wildman–Crippen LogP) is 2.72. The number of anilines is 3. The van der Waals surface area contributed by atoms with Gasteiger partial charge < -0.3 is 15.5 Å². The molecule has 3 amide bonds. The van der Waals surface area contributed by atoms with E-state index in [2.05, 4.69) is 10.6 Å². The second-order valence-corrected chi connectivity index (χ2v) is 7.14. The molecule has 0 unspecified atom stereocenters. The zero-order valence-corrected chi connectivity index (χ0v) is 15.4. The Morgan fingerprint density at radius 3 is 2.41 bits per heavy atom. The number of hydrogen-bond acceptors (Lipinski definition) is 3. The minimum absolute atomic E-state index is 0.0993. The summed E-state index contributed by atoms with van der Waals surface area (Å²) < 4.78 is 0. The number of carbonyl (C=O) groups excluding carboxylic acids is 3. The number of nitrogens with zero attached hydrogens (tertiary/aromatic N) is 1. The number of rotatable bonds is 2. The second-order valence-electron chi connectivity index (χ2n) is 7.14. The van der Waals surface area contributed by atoms with Crippen molar-refractivity contribution in [2.45, 2.75) is 33.1 Å². The van der Waals surface area contributed by atoms with E-state index < -0.39 is 11.8 Å². The highest BCUT2D eigenvalue weighted by Gasteiger charge is 2.32. The zero-order chi connectivity index (χ0) is 19.1. The van der Waals surface area contributed by atoms with E-state index in [1.54, 1.807) is 6.07 Å². The van der Waals surface area contributed by atoms with Crippen LogP contribution in [0.2, 0.25) is 0 Å². The van der Waals surface area contributed by atoms with E-state index in [0.717, 1.165) is 47.3 Å². The molecule has 0 saturated heterocycles. The topological polar surface area (TPSA) is 78.5 Å². The van der Waals surface area contributed by atoms with Crippen molar-refractivity contribution in [3.05, 3.63) is 52.6 Å². The van der Waals surface area contributed by atoms with Crippen molar-refractivity contribution in [1.29, 1.82) is 0 Å². The molecule has 0 spiro atoms. The van der Waals surface area contributed by atoms with Gasteiger partial charge in [-0.3, -0.25) is 14.4 Å². The highest BCUT2D eigenvalue weighted by Crippen LogP contribution is 2.38. The maximum Gasteiger partial charge on any atom is 0.314 e.